The van der Waals surface area contributed by atoms with Gasteiger partial charge in [-0.3, -0.25) is 9.69 Å². The number of rotatable bonds is 2. The zero-order valence-electron chi connectivity index (χ0n) is 14.3. The number of nitrogens with one attached hydrogen (secondary N) is 2. The maximum Gasteiger partial charge on any atom is 0.255 e. The molecule has 4 rings (SSSR count). The molecule has 2 aliphatic heterocycles. The van der Waals surface area contributed by atoms with Gasteiger partial charge in [-0.15, -0.1) is 0 Å². The first kappa shape index (κ1) is 16.8. The molecule has 2 N–H and O–H groups in total. The van der Waals surface area contributed by atoms with Crippen molar-refractivity contribution in [3.8, 4) is 0 Å². The lowest BCUT2D eigenvalue weighted by Crippen LogP contribution is -2.62. The SMILES string of the molecule is Cc1ccc(CN2CCC3(CC2)NC(=O)c2cc(I)ccc2N3)cc1. The van der Waals surface area contributed by atoms with Gasteiger partial charge in [-0.1, -0.05) is 29.8 Å². The maximum absolute atomic E-state index is 12.5. The van der Waals surface area contributed by atoms with Gasteiger partial charge in [-0.2, -0.15) is 0 Å². The van der Waals surface area contributed by atoms with Gasteiger partial charge in [0.1, 0.15) is 5.66 Å². The van der Waals surface area contributed by atoms with Crippen LogP contribution in [0.5, 0.6) is 0 Å². The number of piperidine rings is 1. The Morgan fingerprint density at radius 1 is 1.08 bits per heavy atom. The Bertz CT molecular complexity index is 795. The van der Waals surface area contributed by atoms with Crippen LogP contribution in [0.15, 0.2) is 42.5 Å². The third kappa shape index (κ3) is 3.53. The highest BCUT2D eigenvalue weighted by Crippen LogP contribution is 2.32. The largest absolute Gasteiger partial charge is 0.362 e. The number of hydrogen-bond acceptors (Lipinski definition) is 3. The molecule has 0 radical (unpaired) electrons. The van der Waals surface area contributed by atoms with Crippen LogP contribution in [0, 0.1) is 10.5 Å². The van der Waals surface area contributed by atoms with Crippen LogP contribution >= 0.6 is 22.6 Å². The summed E-state index contributed by atoms with van der Waals surface area (Å²) in [6.45, 7) is 5.03. The highest BCUT2D eigenvalue weighted by molar-refractivity contribution is 14.1. The molecule has 1 saturated heterocycles. The lowest BCUT2D eigenvalue weighted by Gasteiger charge is -2.46. The Morgan fingerprint density at radius 2 is 1.80 bits per heavy atom. The second-order valence-electron chi connectivity index (χ2n) is 7.11. The summed E-state index contributed by atoms with van der Waals surface area (Å²) in [5.41, 5.74) is 4.04. The molecule has 2 aromatic rings. The number of halogens is 1. The van der Waals surface area contributed by atoms with Crippen molar-refractivity contribution in [2.75, 3.05) is 18.4 Å². The van der Waals surface area contributed by atoms with Crippen LogP contribution < -0.4 is 10.6 Å². The first-order valence-corrected chi connectivity index (χ1v) is 9.79. The van der Waals surface area contributed by atoms with Gasteiger partial charge in [0.25, 0.3) is 5.91 Å². The number of anilines is 1. The Hall–Kier alpha value is -1.60. The van der Waals surface area contributed by atoms with Crippen LogP contribution in [0.3, 0.4) is 0 Å². The molecular formula is C20H22IN3O. The predicted octanol–water partition coefficient (Wildman–Crippen LogP) is 3.75. The van der Waals surface area contributed by atoms with Crippen LogP contribution in [-0.4, -0.2) is 29.6 Å². The van der Waals surface area contributed by atoms with Gasteiger partial charge >= 0.3 is 0 Å². The zero-order chi connectivity index (χ0) is 17.4. The molecule has 0 aliphatic carbocycles. The molecule has 25 heavy (non-hydrogen) atoms. The van der Waals surface area contributed by atoms with Gasteiger partial charge in [0.05, 0.1) is 5.56 Å². The molecule has 0 unspecified atom stereocenters. The van der Waals surface area contributed by atoms with Gasteiger partial charge in [-0.25, -0.2) is 0 Å². The average Bonchev–Trinajstić information content (AvgIpc) is 2.60. The second-order valence-corrected chi connectivity index (χ2v) is 8.36. The van der Waals surface area contributed by atoms with Crippen LogP contribution in [0.2, 0.25) is 0 Å². The minimum atomic E-state index is -0.305. The molecule has 1 amide bonds. The number of aryl methyl sites for hydroxylation is 1. The lowest BCUT2D eigenvalue weighted by atomic mass is 9.92. The fraction of sp³-hybridized carbons (Fsp3) is 0.350. The Balaban J connectivity index is 1.43. The summed E-state index contributed by atoms with van der Waals surface area (Å²) in [6.07, 6.45) is 1.83. The van der Waals surface area contributed by atoms with E-state index in [1.165, 1.54) is 11.1 Å². The third-order valence-corrected chi connectivity index (χ3v) is 5.86. The van der Waals surface area contributed by atoms with Gasteiger partial charge in [-0.05, 0) is 53.3 Å². The van der Waals surface area contributed by atoms with E-state index >= 15 is 0 Å². The van der Waals surface area contributed by atoms with E-state index in [2.05, 4.69) is 69.3 Å². The van der Waals surface area contributed by atoms with Crippen LogP contribution in [0.25, 0.3) is 0 Å². The van der Waals surface area contributed by atoms with Crippen molar-refractivity contribution in [1.29, 1.82) is 0 Å². The van der Waals surface area contributed by atoms with E-state index < -0.39 is 0 Å². The number of carbonyl (C=O) groups is 1. The van der Waals surface area contributed by atoms with Crippen molar-refractivity contribution in [3.63, 3.8) is 0 Å². The van der Waals surface area contributed by atoms with Crippen molar-refractivity contribution in [2.45, 2.75) is 32.0 Å². The summed E-state index contributed by atoms with van der Waals surface area (Å²) in [5.74, 6) is 0.0410. The van der Waals surface area contributed by atoms with Crippen molar-refractivity contribution in [1.82, 2.24) is 10.2 Å². The standard InChI is InChI=1S/C20H22IN3O/c1-14-2-4-15(5-3-14)13-24-10-8-20(9-11-24)22-18-7-6-16(21)12-17(18)19(25)23-20/h2-7,12,22H,8-11,13H2,1H3,(H,23,25). The molecule has 2 aromatic carbocycles. The lowest BCUT2D eigenvalue weighted by molar-refractivity contribution is 0.0822. The van der Waals surface area contributed by atoms with Crippen LogP contribution in [0.4, 0.5) is 5.69 Å². The summed E-state index contributed by atoms with van der Waals surface area (Å²) in [5, 5.41) is 6.83. The summed E-state index contributed by atoms with van der Waals surface area (Å²) >= 11 is 2.24. The van der Waals surface area contributed by atoms with Crippen LogP contribution in [-0.2, 0) is 6.54 Å². The fourth-order valence-corrected chi connectivity index (χ4v) is 4.17. The maximum atomic E-state index is 12.5. The van der Waals surface area contributed by atoms with Crippen molar-refractivity contribution in [2.24, 2.45) is 0 Å². The number of nitrogens with zero attached hydrogens (tertiary/aromatic N) is 1. The quantitative estimate of drug-likeness (QED) is 0.690. The van der Waals surface area contributed by atoms with Crippen molar-refractivity contribution >= 4 is 34.2 Å². The summed E-state index contributed by atoms with van der Waals surface area (Å²) in [7, 11) is 0. The predicted molar refractivity (Wildman–Crippen MR) is 109 cm³/mol. The molecule has 130 valence electrons. The number of benzene rings is 2. The summed E-state index contributed by atoms with van der Waals surface area (Å²) < 4.78 is 1.08. The normalized spacial score (nSPS) is 19.2. The van der Waals surface area contributed by atoms with Crippen LogP contribution in [0.1, 0.15) is 34.3 Å². The molecule has 2 heterocycles. The number of amides is 1. The van der Waals surface area contributed by atoms with Gasteiger partial charge < -0.3 is 10.6 Å². The van der Waals surface area contributed by atoms with E-state index in [1.807, 2.05) is 18.2 Å². The molecule has 1 spiro atoms. The summed E-state index contributed by atoms with van der Waals surface area (Å²) in [6, 6.07) is 14.8. The Morgan fingerprint density at radius 3 is 2.52 bits per heavy atom. The highest BCUT2D eigenvalue weighted by atomic mass is 127. The molecule has 5 heteroatoms. The van der Waals surface area contributed by atoms with E-state index in [0.29, 0.717) is 0 Å². The molecule has 0 aromatic heterocycles. The van der Waals surface area contributed by atoms with Crippen molar-refractivity contribution in [3.05, 3.63) is 62.7 Å². The number of fused-ring (bicyclic) bond motifs is 1. The van der Waals surface area contributed by atoms with E-state index in [4.69, 9.17) is 0 Å². The first-order chi connectivity index (χ1) is 12.0. The molecule has 4 nitrogen and oxygen atoms in total. The number of carbonyl (C=O) groups excluding carboxylic acids is 1. The van der Waals surface area contributed by atoms with Gasteiger partial charge in [0.2, 0.25) is 0 Å². The Labute approximate surface area is 162 Å². The zero-order valence-corrected chi connectivity index (χ0v) is 16.5. The molecule has 0 saturated carbocycles. The van der Waals surface area contributed by atoms with Crippen molar-refractivity contribution < 1.29 is 4.79 Å². The highest BCUT2D eigenvalue weighted by Gasteiger charge is 2.40. The van der Waals surface area contributed by atoms with E-state index in [9.17, 15) is 4.79 Å². The second kappa shape index (κ2) is 6.61. The van der Waals surface area contributed by atoms with Gasteiger partial charge in [0.15, 0.2) is 0 Å². The fourth-order valence-electron chi connectivity index (χ4n) is 3.68. The van der Waals surface area contributed by atoms with E-state index in [-0.39, 0.29) is 11.6 Å². The molecule has 0 bridgehead atoms. The van der Waals surface area contributed by atoms with Gasteiger partial charge in [0, 0.05) is 41.7 Å². The molecule has 1 fully saturated rings. The molecule has 2 aliphatic rings. The van der Waals surface area contributed by atoms with E-state index in [1.54, 1.807) is 0 Å². The third-order valence-electron chi connectivity index (χ3n) is 5.19. The number of hydrogen-bond donors (Lipinski definition) is 2. The minimum absolute atomic E-state index is 0.0410. The topological polar surface area (TPSA) is 44.4 Å². The average molecular weight is 447 g/mol. The molecular weight excluding hydrogens is 425 g/mol. The molecule has 0 atom stereocenters. The monoisotopic (exact) mass is 447 g/mol. The minimum Gasteiger partial charge on any atom is -0.362 e. The first-order valence-electron chi connectivity index (χ1n) is 8.71. The van der Waals surface area contributed by atoms with E-state index in [0.717, 1.165) is 47.3 Å². The smallest absolute Gasteiger partial charge is 0.255 e. The summed E-state index contributed by atoms with van der Waals surface area (Å²) in [4.78, 5) is 15.0. The Kier molecular flexibility index (Phi) is 4.45. The number of likely N-dealkylation sites (tertiary alicyclic amines) is 1.